The van der Waals surface area contributed by atoms with Crippen molar-refractivity contribution in [3.8, 4) is 10.6 Å². The predicted octanol–water partition coefficient (Wildman–Crippen LogP) is 3.69. The summed E-state index contributed by atoms with van der Waals surface area (Å²) in [5.74, 6) is -2.12. The molecule has 1 N–H and O–H groups in total. The van der Waals surface area contributed by atoms with Crippen LogP contribution in [0.4, 0.5) is 13.2 Å². The van der Waals surface area contributed by atoms with Crippen LogP contribution >= 0.6 is 22.9 Å². The molecule has 8 nitrogen and oxygen atoms in total. The van der Waals surface area contributed by atoms with E-state index in [-0.39, 0.29) is 29.9 Å². The van der Waals surface area contributed by atoms with E-state index >= 15 is 0 Å². The predicted molar refractivity (Wildman–Crippen MR) is 128 cm³/mol. The molecule has 0 spiro atoms. The molecular formula is C24H24ClF3N4O4S. The van der Waals surface area contributed by atoms with Crippen LogP contribution in [0.2, 0.25) is 0 Å². The quantitative estimate of drug-likeness (QED) is 0.564. The lowest BCUT2D eigenvalue weighted by Crippen LogP contribution is -2.55. The Kier molecular flexibility index (Phi) is 7.25. The second kappa shape index (κ2) is 10.3. The zero-order chi connectivity index (χ0) is 26.3. The number of carbonyl (C=O) groups excluding carboxylic acids is 3. The maximum atomic E-state index is 13.9. The highest BCUT2D eigenvalue weighted by Gasteiger charge is 2.53. The number of ether oxygens (including phenoxy) is 1. The van der Waals surface area contributed by atoms with E-state index in [2.05, 4.69) is 15.3 Å². The molecule has 0 radical (unpaired) electrons. The topological polar surface area (TPSA) is 101 Å². The van der Waals surface area contributed by atoms with Crippen LogP contribution in [0.25, 0.3) is 10.6 Å². The number of hydrogen-bond acceptors (Lipinski definition) is 7. The molecule has 2 amide bonds. The van der Waals surface area contributed by atoms with Crippen molar-refractivity contribution in [1.82, 2.24) is 20.2 Å². The van der Waals surface area contributed by atoms with Gasteiger partial charge >= 0.3 is 6.18 Å². The molecule has 0 unspecified atom stereocenters. The number of likely N-dealkylation sites (tertiary alicyclic amines) is 1. The Labute approximate surface area is 219 Å². The number of rotatable bonds is 5. The summed E-state index contributed by atoms with van der Waals surface area (Å²) in [6.07, 6.45) is 1.21. The molecule has 0 bridgehead atoms. The van der Waals surface area contributed by atoms with Gasteiger partial charge in [-0.3, -0.25) is 19.4 Å². The molecule has 13 heteroatoms. The van der Waals surface area contributed by atoms with Gasteiger partial charge in [-0.15, -0.1) is 22.9 Å². The molecule has 1 saturated carbocycles. The van der Waals surface area contributed by atoms with Crippen molar-refractivity contribution in [3.63, 3.8) is 0 Å². The smallest absolute Gasteiger partial charge is 0.366 e. The maximum Gasteiger partial charge on any atom is 0.435 e. The number of aromatic nitrogens is 2. The Morgan fingerprint density at radius 3 is 2.68 bits per heavy atom. The minimum atomic E-state index is -4.88. The summed E-state index contributed by atoms with van der Waals surface area (Å²) >= 11 is 6.94. The first-order valence-corrected chi connectivity index (χ1v) is 13.3. The highest BCUT2D eigenvalue weighted by Crippen LogP contribution is 2.38. The van der Waals surface area contributed by atoms with Gasteiger partial charge in [0.1, 0.15) is 34.7 Å². The van der Waals surface area contributed by atoms with Crippen LogP contribution in [-0.2, 0) is 20.5 Å². The Morgan fingerprint density at radius 1 is 1.24 bits per heavy atom. The zero-order valence-electron chi connectivity index (χ0n) is 19.5. The Balaban J connectivity index is 1.46. The summed E-state index contributed by atoms with van der Waals surface area (Å²) in [6, 6.07) is 1.15. The largest absolute Gasteiger partial charge is 0.435 e. The summed E-state index contributed by atoms with van der Waals surface area (Å²) in [7, 11) is 0. The molecule has 2 saturated heterocycles. The van der Waals surface area contributed by atoms with Crippen LogP contribution < -0.4 is 5.32 Å². The lowest BCUT2D eigenvalue weighted by atomic mass is 9.83. The van der Waals surface area contributed by atoms with Gasteiger partial charge in [-0.1, -0.05) is 19.3 Å². The van der Waals surface area contributed by atoms with Gasteiger partial charge in [0.25, 0.3) is 5.91 Å². The van der Waals surface area contributed by atoms with Gasteiger partial charge in [0.15, 0.2) is 11.5 Å². The fourth-order valence-corrected chi connectivity index (χ4v) is 6.67. The van der Waals surface area contributed by atoms with Crippen LogP contribution in [0.15, 0.2) is 24.5 Å². The monoisotopic (exact) mass is 556 g/mol. The van der Waals surface area contributed by atoms with Crippen LogP contribution in [-0.4, -0.2) is 69.2 Å². The Morgan fingerprint density at radius 2 is 2.00 bits per heavy atom. The van der Waals surface area contributed by atoms with E-state index in [0.717, 1.165) is 19.3 Å². The number of alkyl halides is 4. The van der Waals surface area contributed by atoms with Crippen molar-refractivity contribution < 1.29 is 32.3 Å². The van der Waals surface area contributed by atoms with Crippen molar-refractivity contribution in [2.45, 2.75) is 61.8 Å². The third-order valence-electron chi connectivity index (χ3n) is 7.09. The Hall–Kier alpha value is -2.57. The molecule has 3 fully saturated rings. The van der Waals surface area contributed by atoms with Crippen LogP contribution in [0.5, 0.6) is 0 Å². The first kappa shape index (κ1) is 26.1. The number of carbonyl (C=O) groups is 3. The average molecular weight is 557 g/mol. The van der Waals surface area contributed by atoms with E-state index in [9.17, 15) is 27.6 Å². The first-order valence-electron chi connectivity index (χ1n) is 12.0. The molecule has 0 aromatic carbocycles. The van der Waals surface area contributed by atoms with E-state index in [1.54, 1.807) is 12.1 Å². The molecular weight excluding hydrogens is 533 g/mol. The van der Waals surface area contributed by atoms with Crippen LogP contribution in [0.3, 0.4) is 0 Å². The molecule has 5 rings (SSSR count). The van der Waals surface area contributed by atoms with E-state index < -0.39 is 52.1 Å². The van der Waals surface area contributed by atoms with E-state index in [4.69, 9.17) is 16.3 Å². The zero-order valence-corrected chi connectivity index (χ0v) is 21.1. The fourth-order valence-electron chi connectivity index (χ4n) is 5.34. The summed E-state index contributed by atoms with van der Waals surface area (Å²) < 4.78 is 47.1. The average Bonchev–Trinajstić information content (AvgIpc) is 3.59. The van der Waals surface area contributed by atoms with Crippen molar-refractivity contribution in [1.29, 1.82) is 0 Å². The molecule has 4 atom stereocenters. The number of ketones is 1. The maximum absolute atomic E-state index is 13.9. The van der Waals surface area contributed by atoms with Gasteiger partial charge in [-0.05, 0) is 30.9 Å². The highest BCUT2D eigenvalue weighted by atomic mass is 35.5. The third-order valence-corrected chi connectivity index (χ3v) is 8.58. The third kappa shape index (κ3) is 5.10. The van der Waals surface area contributed by atoms with E-state index in [1.807, 2.05) is 0 Å². The standard InChI is InChI=1S/C24H24ClF3N4O4S/c25-14-10-32(17-15(33)11-36-18(14)17)23(35)16(12-5-2-1-3-6-12)30-21(34)19-20(24(26,27)28)31-22(37-19)13-7-4-8-29-9-13/h4,7-9,12,14,16-18H,1-3,5-6,10-11H2,(H,30,34)/t14-,16-,17+,18+/m0/s1. The van der Waals surface area contributed by atoms with E-state index in [1.165, 1.54) is 17.3 Å². The molecule has 198 valence electrons. The number of hydrogen-bond donors (Lipinski definition) is 1. The lowest BCUT2D eigenvalue weighted by molar-refractivity contribution is -0.141. The van der Waals surface area contributed by atoms with Crippen molar-refractivity contribution >= 4 is 40.5 Å². The van der Waals surface area contributed by atoms with Crippen LogP contribution in [0, 0.1) is 5.92 Å². The molecule has 3 aliphatic rings. The minimum Gasteiger partial charge on any atom is -0.366 e. The van der Waals surface area contributed by atoms with Crippen molar-refractivity contribution in [2.24, 2.45) is 5.92 Å². The van der Waals surface area contributed by atoms with Crippen molar-refractivity contribution in [2.75, 3.05) is 13.2 Å². The van der Waals surface area contributed by atoms with Gasteiger partial charge in [-0.25, -0.2) is 4.98 Å². The van der Waals surface area contributed by atoms with Gasteiger partial charge in [0.2, 0.25) is 5.91 Å². The molecule has 37 heavy (non-hydrogen) atoms. The fraction of sp³-hybridized carbons (Fsp3) is 0.542. The highest BCUT2D eigenvalue weighted by molar-refractivity contribution is 7.17. The van der Waals surface area contributed by atoms with E-state index in [0.29, 0.717) is 29.7 Å². The number of amides is 2. The number of nitrogens with one attached hydrogen (secondary N) is 1. The lowest BCUT2D eigenvalue weighted by Gasteiger charge is -2.34. The van der Waals surface area contributed by atoms with Gasteiger partial charge < -0.3 is 15.0 Å². The number of fused-ring (bicyclic) bond motifs is 1. The van der Waals surface area contributed by atoms with Crippen LogP contribution in [0.1, 0.15) is 47.5 Å². The minimum absolute atomic E-state index is 0.00724. The number of nitrogens with zero attached hydrogens (tertiary/aromatic N) is 3. The summed E-state index contributed by atoms with van der Waals surface area (Å²) in [5, 5.41) is 1.99. The summed E-state index contributed by atoms with van der Waals surface area (Å²) in [5.41, 5.74) is -0.974. The second-order valence-corrected chi connectivity index (χ2v) is 11.0. The first-order chi connectivity index (χ1) is 17.6. The number of pyridine rings is 1. The molecule has 2 aliphatic heterocycles. The molecule has 2 aromatic rings. The van der Waals surface area contributed by atoms with Crippen molar-refractivity contribution in [3.05, 3.63) is 35.1 Å². The molecule has 2 aromatic heterocycles. The number of halogens is 4. The van der Waals surface area contributed by atoms with Gasteiger partial charge in [0, 0.05) is 24.5 Å². The molecule has 1 aliphatic carbocycles. The van der Waals surface area contributed by atoms with Gasteiger partial charge in [0.05, 0.1) is 5.38 Å². The SMILES string of the molecule is O=C(N[C@H](C(=O)N1C[C@H](Cl)[C@H]2OCC(=O)[C@H]21)C1CCCCC1)c1sc(-c2cccnc2)nc1C(F)(F)F. The Bertz CT molecular complexity index is 1190. The van der Waals surface area contributed by atoms with Gasteiger partial charge in [-0.2, -0.15) is 13.2 Å². The second-order valence-electron chi connectivity index (χ2n) is 9.48. The number of thiazole rings is 1. The summed E-state index contributed by atoms with van der Waals surface area (Å²) in [4.78, 5) is 47.9. The molecule has 4 heterocycles. The normalized spacial score (nSPS) is 25.2. The number of Topliss-reactive ketones (excluding diaryl/α,β-unsaturated/α-hetero) is 1. The summed E-state index contributed by atoms with van der Waals surface area (Å²) in [6.45, 7) is -0.101.